The van der Waals surface area contributed by atoms with Crippen molar-refractivity contribution in [3.05, 3.63) is 41.2 Å². The standard InChI is InChI=1S/C15H13ClN4O2/c16-12-5-9(11-6-13(21)20-15(11)19-12)7-18-10-3-1-2-8(4-10)14(17)22/h1-4,7,9H,5-6H2,(H2,17,22)(H,20,21). The molecule has 0 aliphatic carbocycles. The molecule has 22 heavy (non-hydrogen) atoms. The van der Waals surface area contributed by atoms with E-state index in [1.807, 2.05) is 0 Å². The second-order valence-electron chi connectivity index (χ2n) is 5.09. The first-order chi connectivity index (χ1) is 10.5. The number of halogens is 1. The number of aliphatic imine (C=N–C) groups is 2. The Kier molecular flexibility index (Phi) is 3.77. The molecule has 1 atom stereocenters. The number of nitrogens with zero attached hydrogens (tertiary/aromatic N) is 2. The van der Waals surface area contributed by atoms with Crippen molar-refractivity contribution in [2.75, 3.05) is 0 Å². The van der Waals surface area contributed by atoms with Gasteiger partial charge in [0.05, 0.1) is 12.1 Å². The Morgan fingerprint density at radius 1 is 1.50 bits per heavy atom. The van der Waals surface area contributed by atoms with Crippen LogP contribution in [0.25, 0.3) is 0 Å². The van der Waals surface area contributed by atoms with E-state index in [0.717, 1.165) is 5.57 Å². The van der Waals surface area contributed by atoms with Gasteiger partial charge in [-0.05, 0) is 23.8 Å². The molecule has 0 radical (unpaired) electrons. The van der Waals surface area contributed by atoms with E-state index in [1.54, 1.807) is 30.5 Å². The quantitative estimate of drug-likeness (QED) is 0.832. The van der Waals surface area contributed by atoms with Crippen LogP contribution in [-0.2, 0) is 4.79 Å². The van der Waals surface area contributed by atoms with Crippen LogP contribution in [0, 0.1) is 5.92 Å². The molecule has 0 aromatic heterocycles. The fourth-order valence-corrected chi connectivity index (χ4v) is 2.70. The third-order valence-electron chi connectivity index (χ3n) is 3.52. The van der Waals surface area contributed by atoms with Crippen LogP contribution >= 0.6 is 11.6 Å². The minimum absolute atomic E-state index is 0.0869. The molecule has 0 spiro atoms. The molecular weight excluding hydrogens is 304 g/mol. The number of carbonyl (C=O) groups excluding carboxylic acids is 2. The maximum absolute atomic E-state index is 11.5. The highest BCUT2D eigenvalue weighted by Gasteiger charge is 2.30. The van der Waals surface area contributed by atoms with Crippen molar-refractivity contribution in [2.45, 2.75) is 12.8 Å². The van der Waals surface area contributed by atoms with Gasteiger partial charge in [-0.25, -0.2) is 4.99 Å². The molecule has 0 saturated heterocycles. The Bertz CT molecular complexity index is 752. The summed E-state index contributed by atoms with van der Waals surface area (Å²) < 4.78 is 0. The minimum atomic E-state index is -0.500. The zero-order chi connectivity index (χ0) is 15.7. The summed E-state index contributed by atoms with van der Waals surface area (Å²) in [6.45, 7) is 0. The maximum Gasteiger partial charge on any atom is 0.248 e. The molecule has 2 aliphatic heterocycles. The van der Waals surface area contributed by atoms with Gasteiger partial charge in [0, 0.05) is 24.1 Å². The maximum atomic E-state index is 11.5. The van der Waals surface area contributed by atoms with Crippen molar-refractivity contribution in [2.24, 2.45) is 21.6 Å². The minimum Gasteiger partial charge on any atom is -0.366 e. The van der Waals surface area contributed by atoms with Crippen LogP contribution in [0.15, 0.2) is 45.6 Å². The zero-order valence-electron chi connectivity index (χ0n) is 11.5. The molecule has 3 N–H and O–H groups in total. The van der Waals surface area contributed by atoms with E-state index in [1.165, 1.54) is 0 Å². The first-order valence-corrected chi connectivity index (χ1v) is 7.11. The van der Waals surface area contributed by atoms with Gasteiger partial charge in [0.2, 0.25) is 11.8 Å². The molecule has 112 valence electrons. The van der Waals surface area contributed by atoms with Crippen LogP contribution in [0.2, 0.25) is 0 Å². The summed E-state index contributed by atoms with van der Waals surface area (Å²) in [7, 11) is 0. The van der Waals surface area contributed by atoms with Gasteiger partial charge in [0.25, 0.3) is 0 Å². The molecule has 0 bridgehead atoms. The number of hydrogen-bond donors (Lipinski definition) is 2. The van der Waals surface area contributed by atoms with E-state index >= 15 is 0 Å². The Morgan fingerprint density at radius 2 is 2.32 bits per heavy atom. The second kappa shape index (κ2) is 5.73. The Balaban J connectivity index is 1.84. The topological polar surface area (TPSA) is 96.9 Å². The largest absolute Gasteiger partial charge is 0.366 e. The molecule has 1 aromatic carbocycles. The van der Waals surface area contributed by atoms with E-state index in [2.05, 4.69) is 15.3 Å². The number of nitrogens with two attached hydrogens (primary N) is 1. The van der Waals surface area contributed by atoms with Gasteiger partial charge in [0.1, 0.15) is 11.0 Å². The molecule has 2 amide bonds. The van der Waals surface area contributed by atoms with Gasteiger partial charge < -0.3 is 11.1 Å². The molecule has 1 unspecified atom stereocenters. The van der Waals surface area contributed by atoms with Crippen LogP contribution in [0.3, 0.4) is 0 Å². The molecule has 6 nitrogen and oxygen atoms in total. The van der Waals surface area contributed by atoms with E-state index < -0.39 is 5.91 Å². The Labute approximate surface area is 131 Å². The van der Waals surface area contributed by atoms with Crippen molar-refractivity contribution < 1.29 is 9.59 Å². The molecule has 0 fully saturated rings. The van der Waals surface area contributed by atoms with Gasteiger partial charge in [-0.1, -0.05) is 17.7 Å². The average Bonchev–Trinajstić information content (AvgIpc) is 2.85. The van der Waals surface area contributed by atoms with Gasteiger partial charge in [0.15, 0.2) is 0 Å². The predicted octanol–water partition coefficient (Wildman–Crippen LogP) is 1.88. The highest BCUT2D eigenvalue weighted by molar-refractivity contribution is 6.65. The van der Waals surface area contributed by atoms with E-state index in [4.69, 9.17) is 17.3 Å². The average molecular weight is 317 g/mol. The fourth-order valence-electron chi connectivity index (χ4n) is 2.45. The Morgan fingerprint density at radius 3 is 3.09 bits per heavy atom. The monoisotopic (exact) mass is 316 g/mol. The molecule has 2 aliphatic rings. The number of nitrogens with one attached hydrogen (secondary N) is 1. The molecule has 0 saturated carbocycles. The first kappa shape index (κ1) is 14.5. The third-order valence-corrected chi connectivity index (χ3v) is 3.76. The lowest BCUT2D eigenvalue weighted by Gasteiger charge is -2.17. The van der Waals surface area contributed by atoms with Crippen molar-refractivity contribution in [1.29, 1.82) is 0 Å². The lowest BCUT2D eigenvalue weighted by Crippen LogP contribution is -2.17. The first-order valence-electron chi connectivity index (χ1n) is 6.73. The number of rotatable bonds is 3. The molecule has 3 rings (SSSR count). The molecule has 2 heterocycles. The summed E-state index contributed by atoms with van der Waals surface area (Å²) in [5.41, 5.74) is 7.16. The summed E-state index contributed by atoms with van der Waals surface area (Å²) in [6.07, 6.45) is 2.54. The zero-order valence-corrected chi connectivity index (χ0v) is 12.3. The Hall–Kier alpha value is -2.47. The lowest BCUT2D eigenvalue weighted by molar-refractivity contribution is -0.118. The highest BCUT2D eigenvalue weighted by atomic mass is 35.5. The van der Waals surface area contributed by atoms with Crippen molar-refractivity contribution >= 4 is 40.5 Å². The van der Waals surface area contributed by atoms with Crippen LogP contribution in [0.1, 0.15) is 23.2 Å². The summed E-state index contributed by atoms with van der Waals surface area (Å²) in [6, 6.07) is 6.73. The number of benzene rings is 1. The second-order valence-corrected chi connectivity index (χ2v) is 5.53. The summed E-state index contributed by atoms with van der Waals surface area (Å²) in [5, 5.41) is 3.12. The molecular formula is C15H13ClN4O2. The number of hydrogen-bond acceptors (Lipinski definition) is 4. The molecule has 7 heteroatoms. The SMILES string of the molecule is NC(=O)c1cccc(N=CC2CC(Cl)=NC3=C2CC(=O)N3)c1. The van der Waals surface area contributed by atoms with Crippen LogP contribution in [-0.4, -0.2) is 23.2 Å². The smallest absolute Gasteiger partial charge is 0.248 e. The lowest BCUT2D eigenvalue weighted by atomic mass is 9.94. The third kappa shape index (κ3) is 2.92. The van der Waals surface area contributed by atoms with Gasteiger partial charge in [-0.3, -0.25) is 14.6 Å². The van der Waals surface area contributed by atoms with Crippen molar-refractivity contribution in [1.82, 2.24) is 5.32 Å². The summed E-state index contributed by atoms with van der Waals surface area (Å²) >= 11 is 6.02. The predicted molar refractivity (Wildman–Crippen MR) is 84.3 cm³/mol. The van der Waals surface area contributed by atoms with Crippen LogP contribution in [0.4, 0.5) is 5.69 Å². The van der Waals surface area contributed by atoms with E-state index in [0.29, 0.717) is 35.1 Å². The van der Waals surface area contributed by atoms with E-state index in [-0.39, 0.29) is 11.8 Å². The van der Waals surface area contributed by atoms with Crippen molar-refractivity contribution in [3.8, 4) is 0 Å². The number of amides is 2. The number of primary amides is 1. The fraction of sp³-hybridized carbons (Fsp3) is 0.200. The van der Waals surface area contributed by atoms with Crippen molar-refractivity contribution in [3.63, 3.8) is 0 Å². The van der Waals surface area contributed by atoms with E-state index in [9.17, 15) is 9.59 Å². The summed E-state index contributed by atoms with van der Waals surface area (Å²) in [4.78, 5) is 31.2. The van der Waals surface area contributed by atoms with Gasteiger partial charge >= 0.3 is 0 Å². The van der Waals surface area contributed by atoms with Gasteiger partial charge in [-0.2, -0.15) is 0 Å². The van der Waals surface area contributed by atoms with Crippen LogP contribution in [0.5, 0.6) is 0 Å². The summed E-state index contributed by atoms with van der Waals surface area (Å²) in [5.74, 6) is -0.144. The number of carbonyl (C=O) groups is 2. The van der Waals surface area contributed by atoms with Crippen LogP contribution < -0.4 is 11.1 Å². The highest BCUT2D eigenvalue weighted by Crippen LogP contribution is 2.31. The van der Waals surface area contributed by atoms with Gasteiger partial charge in [-0.15, -0.1) is 0 Å². The normalized spacial score (nSPS) is 20.9. The molecule has 1 aromatic rings.